The van der Waals surface area contributed by atoms with Gasteiger partial charge < -0.3 is 15.4 Å². The first-order valence-electron chi connectivity index (χ1n) is 7.15. The van der Waals surface area contributed by atoms with Crippen molar-refractivity contribution < 1.29 is 14.7 Å². The third-order valence-electron chi connectivity index (χ3n) is 3.39. The fourth-order valence-electron chi connectivity index (χ4n) is 2.41. The quantitative estimate of drug-likeness (QED) is 0.734. The molecule has 1 heterocycles. The van der Waals surface area contributed by atoms with Gasteiger partial charge in [-0.2, -0.15) is 0 Å². The summed E-state index contributed by atoms with van der Waals surface area (Å²) in [6.07, 6.45) is 2.35. The molecule has 0 aliphatic heterocycles. The zero-order valence-electron chi connectivity index (χ0n) is 12.5. The standard InChI is InChI=1S/C16H19BrN2O3/c1-9(2)6-14(20)19-13(16(21)22)7-10-8-18-12-5-3-4-11(17)15(10)12/h3-5,8-9,13,18H,6-7H2,1-2H3,(H,19,20)(H,21,22). The van der Waals surface area contributed by atoms with Crippen molar-refractivity contribution in [2.45, 2.75) is 32.7 Å². The van der Waals surface area contributed by atoms with Crippen LogP contribution in [-0.2, 0) is 16.0 Å². The molecular formula is C16H19BrN2O3. The highest BCUT2D eigenvalue weighted by Crippen LogP contribution is 2.27. The molecule has 22 heavy (non-hydrogen) atoms. The zero-order chi connectivity index (χ0) is 16.3. The number of fused-ring (bicyclic) bond motifs is 1. The molecule has 0 saturated carbocycles. The molecule has 0 bridgehead atoms. The van der Waals surface area contributed by atoms with Crippen molar-refractivity contribution in [3.8, 4) is 0 Å². The topological polar surface area (TPSA) is 82.2 Å². The average Bonchev–Trinajstić information content (AvgIpc) is 2.81. The van der Waals surface area contributed by atoms with Gasteiger partial charge in [0.05, 0.1) is 0 Å². The second kappa shape index (κ2) is 6.96. The lowest BCUT2D eigenvalue weighted by molar-refractivity contribution is -0.141. The molecule has 3 N–H and O–H groups in total. The van der Waals surface area contributed by atoms with E-state index < -0.39 is 12.0 Å². The van der Waals surface area contributed by atoms with Crippen LogP contribution in [0.2, 0.25) is 0 Å². The Morgan fingerprint density at radius 2 is 2.09 bits per heavy atom. The lowest BCUT2D eigenvalue weighted by Crippen LogP contribution is -2.42. The smallest absolute Gasteiger partial charge is 0.326 e. The molecule has 1 unspecified atom stereocenters. The predicted molar refractivity (Wildman–Crippen MR) is 88.7 cm³/mol. The summed E-state index contributed by atoms with van der Waals surface area (Å²) >= 11 is 3.48. The van der Waals surface area contributed by atoms with Gasteiger partial charge in [-0.3, -0.25) is 4.79 Å². The lowest BCUT2D eigenvalue weighted by atomic mass is 10.0. The molecule has 1 aromatic heterocycles. The Kier molecular flexibility index (Phi) is 5.24. The van der Waals surface area contributed by atoms with E-state index in [4.69, 9.17) is 0 Å². The van der Waals surface area contributed by atoms with Gasteiger partial charge in [-0.1, -0.05) is 35.8 Å². The molecule has 0 fully saturated rings. The number of carboxylic acid groups (broad SMARTS) is 1. The van der Waals surface area contributed by atoms with Crippen LogP contribution in [0, 0.1) is 5.92 Å². The monoisotopic (exact) mass is 366 g/mol. The number of carbonyl (C=O) groups is 2. The Balaban J connectivity index is 2.20. The molecule has 0 aliphatic carbocycles. The van der Waals surface area contributed by atoms with Crippen LogP contribution in [0.5, 0.6) is 0 Å². The van der Waals surface area contributed by atoms with E-state index in [1.165, 1.54) is 0 Å². The Morgan fingerprint density at radius 3 is 2.73 bits per heavy atom. The number of hydrogen-bond donors (Lipinski definition) is 3. The van der Waals surface area contributed by atoms with Gasteiger partial charge in [0.1, 0.15) is 6.04 Å². The number of carboxylic acids is 1. The first-order chi connectivity index (χ1) is 10.4. The van der Waals surface area contributed by atoms with Crippen LogP contribution in [0.15, 0.2) is 28.9 Å². The van der Waals surface area contributed by atoms with E-state index in [9.17, 15) is 14.7 Å². The average molecular weight is 367 g/mol. The van der Waals surface area contributed by atoms with Crippen molar-refractivity contribution in [1.82, 2.24) is 10.3 Å². The third kappa shape index (κ3) is 3.88. The second-order valence-corrected chi connectivity index (χ2v) is 6.59. The van der Waals surface area contributed by atoms with Crippen molar-refractivity contribution in [2.24, 2.45) is 5.92 Å². The summed E-state index contributed by atoms with van der Waals surface area (Å²) in [7, 11) is 0. The van der Waals surface area contributed by atoms with E-state index in [-0.39, 0.29) is 18.2 Å². The molecule has 1 amide bonds. The molecule has 118 valence electrons. The molecule has 0 aliphatic rings. The number of aliphatic carboxylic acids is 1. The van der Waals surface area contributed by atoms with E-state index in [0.29, 0.717) is 6.42 Å². The highest BCUT2D eigenvalue weighted by atomic mass is 79.9. The van der Waals surface area contributed by atoms with Crippen molar-refractivity contribution in [3.63, 3.8) is 0 Å². The number of amides is 1. The zero-order valence-corrected chi connectivity index (χ0v) is 14.1. The number of aromatic nitrogens is 1. The summed E-state index contributed by atoms with van der Waals surface area (Å²) < 4.78 is 0.902. The maximum Gasteiger partial charge on any atom is 0.326 e. The summed E-state index contributed by atoms with van der Waals surface area (Å²) in [5.74, 6) is -1.07. The van der Waals surface area contributed by atoms with E-state index in [2.05, 4.69) is 26.2 Å². The summed E-state index contributed by atoms with van der Waals surface area (Å²) in [6.45, 7) is 3.85. The highest BCUT2D eigenvalue weighted by Gasteiger charge is 2.22. The molecule has 2 aromatic rings. The molecule has 0 radical (unpaired) electrons. The lowest BCUT2D eigenvalue weighted by Gasteiger charge is -2.15. The van der Waals surface area contributed by atoms with Crippen LogP contribution in [0.4, 0.5) is 0 Å². The summed E-state index contributed by atoms with van der Waals surface area (Å²) in [6, 6.07) is 4.81. The molecule has 0 saturated heterocycles. The Bertz CT molecular complexity index is 694. The molecule has 5 nitrogen and oxygen atoms in total. The molecule has 0 spiro atoms. The summed E-state index contributed by atoms with van der Waals surface area (Å²) in [5.41, 5.74) is 1.79. The van der Waals surface area contributed by atoms with Crippen LogP contribution < -0.4 is 5.32 Å². The van der Waals surface area contributed by atoms with Crippen molar-refractivity contribution in [1.29, 1.82) is 0 Å². The number of aromatic amines is 1. The SMILES string of the molecule is CC(C)CC(=O)NC(Cc1c[nH]c2cccc(Br)c12)C(=O)O. The van der Waals surface area contributed by atoms with Gasteiger partial charge in [0, 0.05) is 34.4 Å². The van der Waals surface area contributed by atoms with Crippen molar-refractivity contribution in [2.75, 3.05) is 0 Å². The molecule has 6 heteroatoms. The number of carbonyl (C=O) groups excluding carboxylic acids is 1. The number of H-pyrrole nitrogens is 1. The third-order valence-corrected chi connectivity index (χ3v) is 4.05. The number of rotatable bonds is 6. The van der Waals surface area contributed by atoms with Gasteiger partial charge in [-0.05, 0) is 23.6 Å². The number of nitrogens with one attached hydrogen (secondary N) is 2. The fraction of sp³-hybridized carbons (Fsp3) is 0.375. The maximum atomic E-state index is 11.8. The summed E-state index contributed by atoms with van der Waals surface area (Å²) in [4.78, 5) is 26.4. The first kappa shape index (κ1) is 16.5. The van der Waals surface area contributed by atoms with Crippen molar-refractivity contribution in [3.05, 3.63) is 34.4 Å². The highest BCUT2D eigenvalue weighted by molar-refractivity contribution is 9.10. The Labute approximate surface area is 137 Å². The van der Waals surface area contributed by atoms with Crippen LogP contribution in [-0.4, -0.2) is 28.0 Å². The molecule has 1 aromatic carbocycles. The largest absolute Gasteiger partial charge is 0.480 e. The van der Waals surface area contributed by atoms with Crippen molar-refractivity contribution >= 4 is 38.7 Å². The minimum Gasteiger partial charge on any atom is -0.480 e. The van der Waals surface area contributed by atoms with E-state index >= 15 is 0 Å². The van der Waals surface area contributed by atoms with Gasteiger partial charge in [-0.15, -0.1) is 0 Å². The van der Waals surface area contributed by atoms with Gasteiger partial charge in [0.25, 0.3) is 0 Å². The molecule has 1 atom stereocenters. The minimum atomic E-state index is -1.03. The predicted octanol–water partition coefficient (Wildman–Crippen LogP) is 3.09. The van der Waals surface area contributed by atoms with E-state index in [0.717, 1.165) is 20.9 Å². The normalized spacial score (nSPS) is 12.5. The maximum absolute atomic E-state index is 11.8. The van der Waals surface area contributed by atoms with Gasteiger partial charge in [0.2, 0.25) is 5.91 Å². The van der Waals surface area contributed by atoms with E-state index in [1.54, 1.807) is 6.20 Å². The van der Waals surface area contributed by atoms with Crippen LogP contribution in [0.3, 0.4) is 0 Å². The second-order valence-electron chi connectivity index (χ2n) is 5.74. The molecular weight excluding hydrogens is 348 g/mol. The Hall–Kier alpha value is -1.82. The van der Waals surface area contributed by atoms with E-state index in [1.807, 2.05) is 32.0 Å². The fourth-order valence-corrected chi connectivity index (χ4v) is 3.03. The van der Waals surface area contributed by atoms with Gasteiger partial charge in [0.15, 0.2) is 0 Å². The number of benzene rings is 1. The van der Waals surface area contributed by atoms with Crippen LogP contribution >= 0.6 is 15.9 Å². The summed E-state index contributed by atoms with van der Waals surface area (Å²) in [5, 5.41) is 12.9. The van der Waals surface area contributed by atoms with Crippen LogP contribution in [0.1, 0.15) is 25.8 Å². The van der Waals surface area contributed by atoms with Gasteiger partial charge in [-0.25, -0.2) is 4.79 Å². The number of hydrogen-bond acceptors (Lipinski definition) is 2. The minimum absolute atomic E-state index is 0.191. The Morgan fingerprint density at radius 1 is 1.36 bits per heavy atom. The van der Waals surface area contributed by atoms with Gasteiger partial charge >= 0.3 is 5.97 Å². The van der Waals surface area contributed by atoms with Crippen LogP contribution in [0.25, 0.3) is 10.9 Å². The first-order valence-corrected chi connectivity index (χ1v) is 7.94. The molecule has 2 rings (SSSR count). The number of halogens is 1.